The summed E-state index contributed by atoms with van der Waals surface area (Å²) in [5.74, 6) is -0.449. The van der Waals surface area contributed by atoms with Gasteiger partial charge in [0.05, 0.1) is 11.8 Å². The molecule has 1 aromatic rings. The molecule has 92 valence electrons. The Kier molecular flexibility index (Phi) is 3.32. The Bertz CT molecular complexity index is 534. The quantitative estimate of drug-likeness (QED) is 0.821. The highest BCUT2D eigenvalue weighted by Gasteiger charge is 2.25. The summed E-state index contributed by atoms with van der Waals surface area (Å²) in [6, 6.07) is 2.37. The van der Waals surface area contributed by atoms with Crippen molar-refractivity contribution in [3.63, 3.8) is 0 Å². The van der Waals surface area contributed by atoms with Gasteiger partial charge in [-0.1, -0.05) is 6.07 Å². The molecule has 0 fully saturated rings. The van der Waals surface area contributed by atoms with Crippen molar-refractivity contribution in [1.82, 2.24) is 5.32 Å². The molecular weight excluding hydrogens is 260 g/mol. The summed E-state index contributed by atoms with van der Waals surface area (Å²) in [5, 5.41) is 5.55. The van der Waals surface area contributed by atoms with E-state index in [2.05, 4.69) is 5.32 Å². The predicted molar refractivity (Wildman–Crippen MR) is 66.1 cm³/mol. The van der Waals surface area contributed by atoms with Crippen LogP contribution < -0.4 is 11.1 Å². The van der Waals surface area contributed by atoms with Crippen molar-refractivity contribution >= 4 is 27.1 Å². The van der Waals surface area contributed by atoms with Crippen LogP contribution in [0.2, 0.25) is 0 Å². The number of amides is 1. The van der Waals surface area contributed by atoms with Crippen LogP contribution in [0.3, 0.4) is 0 Å². The van der Waals surface area contributed by atoms with Crippen molar-refractivity contribution < 1.29 is 13.2 Å². The maximum Gasteiger partial charge on any atom is 0.242 e. The number of thiophene rings is 1. The highest BCUT2D eigenvalue weighted by molar-refractivity contribution is 7.94. The van der Waals surface area contributed by atoms with Crippen molar-refractivity contribution in [2.24, 2.45) is 5.73 Å². The fraction of sp³-hybridized carbons (Fsp3) is 0.300. The van der Waals surface area contributed by atoms with Gasteiger partial charge >= 0.3 is 0 Å². The van der Waals surface area contributed by atoms with E-state index in [4.69, 9.17) is 5.73 Å². The van der Waals surface area contributed by atoms with Crippen molar-refractivity contribution in [3.05, 3.63) is 33.9 Å². The van der Waals surface area contributed by atoms with Crippen LogP contribution in [0.4, 0.5) is 0 Å². The molecule has 1 amide bonds. The van der Waals surface area contributed by atoms with Gasteiger partial charge in [0.1, 0.15) is 6.04 Å². The number of hydrogen-bond acceptors (Lipinski definition) is 5. The van der Waals surface area contributed by atoms with Crippen LogP contribution >= 0.6 is 11.3 Å². The summed E-state index contributed by atoms with van der Waals surface area (Å²) in [7, 11) is -3.15. The molecule has 1 aliphatic rings. The second kappa shape index (κ2) is 4.59. The standard InChI is InChI=1S/C10H12N2O3S2/c11-9(8-2-1-4-16-8)10(13)12-7-3-5-17(14,15)6-7/h1-5,7,9H,6,11H2,(H,12,13). The van der Waals surface area contributed by atoms with E-state index in [1.807, 2.05) is 11.4 Å². The fourth-order valence-electron chi connectivity index (χ4n) is 1.54. The highest BCUT2D eigenvalue weighted by atomic mass is 32.2. The molecule has 0 bridgehead atoms. The maximum absolute atomic E-state index is 11.8. The number of sulfone groups is 1. The zero-order valence-corrected chi connectivity index (χ0v) is 10.5. The van der Waals surface area contributed by atoms with Crippen LogP contribution in [0.25, 0.3) is 0 Å². The van der Waals surface area contributed by atoms with E-state index in [9.17, 15) is 13.2 Å². The summed E-state index contributed by atoms with van der Waals surface area (Å²) in [4.78, 5) is 12.5. The lowest BCUT2D eigenvalue weighted by atomic mass is 10.2. The fourth-order valence-corrected chi connectivity index (χ4v) is 3.50. The minimum Gasteiger partial charge on any atom is -0.347 e. The lowest BCUT2D eigenvalue weighted by Gasteiger charge is -2.14. The molecule has 2 rings (SSSR count). The normalized spacial score (nSPS) is 23.5. The van der Waals surface area contributed by atoms with Gasteiger partial charge < -0.3 is 11.1 Å². The van der Waals surface area contributed by atoms with E-state index >= 15 is 0 Å². The van der Waals surface area contributed by atoms with Gasteiger partial charge in [0.15, 0.2) is 9.84 Å². The number of carbonyl (C=O) groups excluding carboxylic acids is 1. The monoisotopic (exact) mass is 272 g/mol. The molecule has 5 nitrogen and oxygen atoms in total. The maximum atomic E-state index is 11.8. The summed E-state index contributed by atoms with van der Waals surface area (Å²) in [6.45, 7) is 0. The largest absolute Gasteiger partial charge is 0.347 e. The van der Waals surface area contributed by atoms with Gasteiger partial charge in [-0.2, -0.15) is 0 Å². The van der Waals surface area contributed by atoms with Crippen molar-refractivity contribution in [3.8, 4) is 0 Å². The molecule has 0 saturated heterocycles. The summed E-state index contributed by atoms with van der Waals surface area (Å²) in [6.07, 6.45) is 1.47. The van der Waals surface area contributed by atoms with E-state index < -0.39 is 21.9 Å². The number of carbonyl (C=O) groups is 1. The van der Waals surface area contributed by atoms with E-state index in [1.165, 1.54) is 17.4 Å². The summed E-state index contributed by atoms with van der Waals surface area (Å²) >= 11 is 1.39. The van der Waals surface area contributed by atoms with Gasteiger partial charge in [-0.3, -0.25) is 4.79 Å². The third-order valence-electron chi connectivity index (χ3n) is 2.39. The molecule has 0 radical (unpaired) electrons. The average Bonchev–Trinajstić information content (AvgIpc) is 2.86. The average molecular weight is 272 g/mol. The molecule has 0 spiro atoms. The molecule has 17 heavy (non-hydrogen) atoms. The Morgan fingerprint density at radius 1 is 1.59 bits per heavy atom. The topological polar surface area (TPSA) is 89.3 Å². The third kappa shape index (κ3) is 2.93. The number of rotatable bonds is 3. The number of nitrogens with two attached hydrogens (primary N) is 1. The van der Waals surface area contributed by atoms with Crippen molar-refractivity contribution in [2.75, 3.05) is 5.75 Å². The second-order valence-electron chi connectivity index (χ2n) is 3.77. The Labute approximate surface area is 103 Å². The zero-order chi connectivity index (χ0) is 12.5. The number of nitrogens with one attached hydrogen (secondary N) is 1. The molecule has 0 saturated carbocycles. The highest BCUT2D eigenvalue weighted by Crippen LogP contribution is 2.17. The lowest BCUT2D eigenvalue weighted by molar-refractivity contribution is -0.122. The van der Waals surface area contributed by atoms with E-state index in [0.717, 1.165) is 10.3 Å². The van der Waals surface area contributed by atoms with E-state index in [1.54, 1.807) is 6.07 Å². The Hall–Kier alpha value is -1.18. The first-order chi connectivity index (χ1) is 7.98. The summed E-state index contributed by atoms with van der Waals surface area (Å²) in [5.41, 5.74) is 5.75. The first kappa shape index (κ1) is 12.3. The second-order valence-corrected chi connectivity index (χ2v) is 6.68. The molecule has 0 aliphatic carbocycles. The zero-order valence-electron chi connectivity index (χ0n) is 8.87. The molecule has 3 N–H and O–H groups in total. The first-order valence-corrected chi connectivity index (χ1v) is 7.58. The van der Waals surface area contributed by atoms with Crippen LogP contribution in [0.5, 0.6) is 0 Å². The first-order valence-electron chi connectivity index (χ1n) is 4.98. The third-order valence-corrected chi connectivity index (χ3v) is 4.74. The molecule has 1 aromatic heterocycles. The predicted octanol–water partition coefficient (Wildman–Crippen LogP) is 0.175. The molecule has 1 aliphatic heterocycles. The minimum atomic E-state index is -3.15. The number of hydrogen-bond donors (Lipinski definition) is 2. The summed E-state index contributed by atoms with van der Waals surface area (Å²) < 4.78 is 22.3. The molecule has 2 unspecified atom stereocenters. The van der Waals surface area contributed by atoms with Gasteiger partial charge in [-0.15, -0.1) is 11.3 Å². The Balaban J connectivity index is 1.97. The van der Waals surface area contributed by atoms with Gasteiger partial charge in [0.25, 0.3) is 0 Å². The Morgan fingerprint density at radius 3 is 2.88 bits per heavy atom. The van der Waals surface area contributed by atoms with Crippen LogP contribution in [0.15, 0.2) is 29.0 Å². The molecule has 2 heterocycles. The van der Waals surface area contributed by atoms with Gasteiger partial charge in [-0.05, 0) is 17.5 Å². The molecule has 0 aromatic carbocycles. The Morgan fingerprint density at radius 2 is 2.35 bits per heavy atom. The smallest absolute Gasteiger partial charge is 0.242 e. The van der Waals surface area contributed by atoms with E-state index in [-0.39, 0.29) is 11.7 Å². The molecule has 2 atom stereocenters. The van der Waals surface area contributed by atoms with E-state index in [0.29, 0.717) is 0 Å². The van der Waals surface area contributed by atoms with Crippen molar-refractivity contribution in [2.45, 2.75) is 12.1 Å². The minimum absolute atomic E-state index is 0.0874. The van der Waals surface area contributed by atoms with Crippen LogP contribution in [-0.2, 0) is 14.6 Å². The van der Waals surface area contributed by atoms with Crippen molar-refractivity contribution in [1.29, 1.82) is 0 Å². The van der Waals surface area contributed by atoms with Gasteiger partial charge in [0.2, 0.25) is 5.91 Å². The van der Waals surface area contributed by atoms with Gasteiger partial charge in [0, 0.05) is 10.3 Å². The molecule has 7 heteroatoms. The van der Waals surface area contributed by atoms with Crippen LogP contribution in [0.1, 0.15) is 10.9 Å². The van der Waals surface area contributed by atoms with Crippen LogP contribution in [-0.4, -0.2) is 26.1 Å². The molecular formula is C10H12N2O3S2. The lowest BCUT2D eigenvalue weighted by Crippen LogP contribution is -2.41. The SMILES string of the molecule is NC(C(=O)NC1C=CS(=O)(=O)C1)c1cccs1. The van der Waals surface area contributed by atoms with Gasteiger partial charge in [-0.25, -0.2) is 8.42 Å². The van der Waals surface area contributed by atoms with Crippen LogP contribution in [0, 0.1) is 0 Å².